The van der Waals surface area contributed by atoms with Gasteiger partial charge in [0.05, 0.1) is 41.1 Å². The number of aliphatic hydroxyl groups is 1. The summed E-state index contributed by atoms with van der Waals surface area (Å²) in [6.45, 7) is 8.61. The maximum absolute atomic E-state index is 13.8. The van der Waals surface area contributed by atoms with Crippen LogP contribution in [0.2, 0.25) is 0 Å². The first-order valence-corrected chi connectivity index (χ1v) is 13.0. The number of ether oxygens (including phenoxy) is 3. The predicted octanol–water partition coefficient (Wildman–Crippen LogP) is 4.67. The molecule has 1 aromatic carbocycles. The van der Waals surface area contributed by atoms with E-state index in [2.05, 4.69) is 16.5 Å². The number of benzene rings is 1. The minimum atomic E-state index is -1.11. The lowest BCUT2D eigenvalue weighted by molar-refractivity contribution is -0.117. The third-order valence-corrected chi connectivity index (χ3v) is 8.02. The summed E-state index contributed by atoms with van der Waals surface area (Å²) < 4.78 is 16.0. The largest absolute Gasteiger partial charge is 0.503 e. The normalized spacial score (nSPS) is 15.1. The van der Waals surface area contributed by atoms with Gasteiger partial charge in [-0.1, -0.05) is 24.0 Å². The molecule has 38 heavy (non-hydrogen) atoms. The summed E-state index contributed by atoms with van der Waals surface area (Å²) in [7, 11) is 2.95. The number of Topliss-reactive ketones (excluding diaryl/α,β-unsaturated/α-hetero) is 1. The molecule has 1 amide bonds. The number of hydrogen-bond acceptors (Lipinski definition) is 11. The number of methoxy groups -OCH3 is 2. The Balaban J connectivity index is 1.90. The van der Waals surface area contributed by atoms with Gasteiger partial charge >= 0.3 is 5.97 Å². The topological polar surface area (TPSA) is 128 Å². The van der Waals surface area contributed by atoms with Crippen LogP contribution in [0.15, 0.2) is 42.2 Å². The molecule has 0 saturated carbocycles. The number of carbonyl (C=O) groups is 3. The third-order valence-electron chi connectivity index (χ3n) is 5.81. The highest BCUT2D eigenvalue weighted by molar-refractivity contribution is 7.17. The Morgan fingerprint density at radius 1 is 1.11 bits per heavy atom. The van der Waals surface area contributed by atoms with E-state index in [0.717, 1.165) is 11.3 Å². The van der Waals surface area contributed by atoms with Crippen LogP contribution in [-0.2, 0) is 9.53 Å². The summed E-state index contributed by atoms with van der Waals surface area (Å²) >= 11 is 2.09. The predicted molar refractivity (Wildman–Crippen MR) is 143 cm³/mol. The smallest absolute Gasteiger partial charge is 0.350 e. The summed E-state index contributed by atoms with van der Waals surface area (Å²) in [5, 5.41) is 11.9. The lowest BCUT2D eigenvalue weighted by atomic mass is 9.94. The van der Waals surface area contributed by atoms with E-state index in [1.807, 2.05) is 0 Å². The zero-order chi connectivity index (χ0) is 27.7. The molecule has 1 N–H and O–H groups in total. The number of carbonyl (C=O) groups excluding carboxylic acids is 3. The molecule has 198 valence electrons. The Labute approximate surface area is 226 Å². The molecule has 1 atom stereocenters. The summed E-state index contributed by atoms with van der Waals surface area (Å²) in [6, 6.07) is 3.81. The van der Waals surface area contributed by atoms with E-state index >= 15 is 0 Å². The van der Waals surface area contributed by atoms with Crippen LogP contribution in [0, 0.1) is 20.8 Å². The quantitative estimate of drug-likeness (QED) is 0.228. The van der Waals surface area contributed by atoms with E-state index in [1.165, 1.54) is 36.5 Å². The van der Waals surface area contributed by atoms with Gasteiger partial charge in [-0.3, -0.25) is 14.5 Å². The molecule has 0 radical (unpaired) electrons. The van der Waals surface area contributed by atoms with Crippen molar-refractivity contribution in [2.24, 2.45) is 0 Å². The van der Waals surface area contributed by atoms with Crippen molar-refractivity contribution in [2.75, 3.05) is 25.7 Å². The molecule has 0 fully saturated rings. The number of esters is 1. The van der Waals surface area contributed by atoms with Crippen LogP contribution in [0.3, 0.4) is 0 Å². The molecule has 3 heterocycles. The molecular weight excluding hydrogens is 530 g/mol. The summed E-state index contributed by atoms with van der Waals surface area (Å²) in [5.41, 5.74) is 1.09. The highest BCUT2D eigenvalue weighted by Crippen LogP contribution is 2.47. The number of aryl methyl sites for hydroxylation is 3. The number of aliphatic hydroxyl groups excluding tert-OH is 1. The van der Waals surface area contributed by atoms with Gasteiger partial charge in [-0.2, -0.15) is 0 Å². The number of amides is 1. The monoisotopic (exact) mass is 555 g/mol. The van der Waals surface area contributed by atoms with Crippen LogP contribution < -0.4 is 14.4 Å². The SMILES string of the molecule is C=CCOC(=O)c1sc(N2C(=O)C(O)=C(C(=O)c3sc(C)nc3C)C2c2ccc(OC)cc2OC)nc1C. The molecule has 3 aromatic rings. The van der Waals surface area contributed by atoms with Gasteiger partial charge < -0.3 is 19.3 Å². The van der Waals surface area contributed by atoms with Gasteiger partial charge in [0.1, 0.15) is 29.0 Å². The molecule has 1 aliphatic heterocycles. The van der Waals surface area contributed by atoms with E-state index < -0.39 is 29.5 Å². The molecule has 1 unspecified atom stereocenters. The zero-order valence-electron chi connectivity index (χ0n) is 21.4. The summed E-state index contributed by atoms with van der Waals surface area (Å²) in [6.07, 6.45) is 1.44. The fourth-order valence-corrected chi connectivity index (χ4v) is 5.97. The van der Waals surface area contributed by atoms with Crippen molar-refractivity contribution in [3.8, 4) is 11.5 Å². The van der Waals surface area contributed by atoms with Crippen molar-refractivity contribution in [1.82, 2.24) is 9.97 Å². The highest BCUT2D eigenvalue weighted by atomic mass is 32.1. The summed E-state index contributed by atoms with van der Waals surface area (Å²) in [4.78, 5) is 50.4. The Morgan fingerprint density at radius 3 is 2.42 bits per heavy atom. The van der Waals surface area contributed by atoms with E-state index in [4.69, 9.17) is 14.2 Å². The molecule has 1 aliphatic rings. The number of hydrogen-bond donors (Lipinski definition) is 1. The van der Waals surface area contributed by atoms with Gasteiger partial charge in [-0.15, -0.1) is 11.3 Å². The maximum Gasteiger partial charge on any atom is 0.350 e. The molecule has 2 aromatic heterocycles. The van der Waals surface area contributed by atoms with Crippen LogP contribution in [0.5, 0.6) is 11.5 Å². The number of rotatable bonds is 9. The lowest BCUT2D eigenvalue weighted by Crippen LogP contribution is -2.31. The van der Waals surface area contributed by atoms with Gasteiger partial charge in [-0.25, -0.2) is 14.8 Å². The van der Waals surface area contributed by atoms with Crippen molar-refractivity contribution < 1.29 is 33.7 Å². The second-order valence-corrected chi connectivity index (χ2v) is 10.4. The number of ketones is 1. The molecule has 12 heteroatoms. The maximum atomic E-state index is 13.8. The van der Waals surface area contributed by atoms with Crippen LogP contribution in [0.1, 0.15) is 47.3 Å². The van der Waals surface area contributed by atoms with Crippen molar-refractivity contribution in [3.63, 3.8) is 0 Å². The number of nitrogens with zero attached hydrogens (tertiary/aromatic N) is 3. The Morgan fingerprint density at radius 2 is 1.82 bits per heavy atom. The minimum absolute atomic E-state index is 0.00837. The molecular formula is C26H25N3O7S2. The highest BCUT2D eigenvalue weighted by Gasteiger charge is 2.48. The average Bonchev–Trinajstić information content (AvgIpc) is 3.53. The van der Waals surface area contributed by atoms with Crippen molar-refractivity contribution in [1.29, 1.82) is 0 Å². The standard InChI is InChI=1S/C26H25N3O7S2/c1-7-10-36-25(33)23-13(3)28-26(38-23)29-19(16-9-8-15(34-5)11-17(16)35-6)18(21(31)24(29)32)20(30)22-12(2)27-14(4)37-22/h7-9,11,19,31H,1,10H2,2-6H3. The fraction of sp³-hybridized carbons (Fsp3) is 0.269. The minimum Gasteiger partial charge on any atom is -0.503 e. The Kier molecular flexibility index (Phi) is 7.65. The Bertz CT molecular complexity index is 1490. The first-order chi connectivity index (χ1) is 18.1. The first-order valence-electron chi connectivity index (χ1n) is 11.4. The molecule has 0 bridgehead atoms. The van der Waals surface area contributed by atoms with Crippen LogP contribution in [-0.4, -0.2) is 53.6 Å². The Hall–Kier alpha value is -4.03. The van der Waals surface area contributed by atoms with Crippen molar-refractivity contribution in [3.05, 3.63) is 73.9 Å². The van der Waals surface area contributed by atoms with Gasteiger partial charge in [0, 0.05) is 11.6 Å². The average molecular weight is 556 g/mol. The molecule has 0 spiro atoms. The first kappa shape index (κ1) is 27.0. The van der Waals surface area contributed by atoms with Gasteiger partial charge in [0.25, 0.3) is 5.91 Å². The second-order valence-electron chi connectivity index (χ2n) is 8.22. The van der Waals surface area contributed by atoms with Crippen molar-refractivity contribution in [2.45, 2.75) is 26.8 Å². The molecule has 4 rings (SSSR count). The number of thiazole rings is 2. The number of aromatic nitrogens is 2. The van der Waals surface area contributed by atoms with Gasteiger partial charge in [0.15, 0.2) is 10.9 Å². The third kappa shape index (κ3) is 4.68. The molecule has 0 saturated heterocycles. The second kappa shape index (κ2) is 10.8. The number of anilines is 1. The van der Waals surface area contributed by atoms with E-state index in [9.17, 15) is 19.5 Å². The molecule has 0 aliphatic carbocycles. The van der Waals surface area contributed by atoms with E-state index in [-0.39, 0.29) is 22.2 Å². The summed E-state index contributed by atoms with van der Waals surface area (Å²) in [5.74, 6) is -1.90. The fourth-order valence-electron chi connectivity index (χ4n) is 4.11. The van der Waals surface area contributed by atoms with E-state index in [1.54, 1.807) is 39.0 Å². The van der Waals surface area contributed by atoms with Gasteiger partial charge in [-0.05, 0) is 32.9 Å². The zero-order valence-corrected chi connectivity index (χ0v) is 23.0. The van der Waals surface area contributed by atoms with Crippen molar-refractivity contribution >= 4 is 45.5 Å². The van der Waals surface area contributed by atoms with Gasteiger partial charge in [0.2, 0.25) is 5.78 Å². The van der Waals surface area contributed by atoms with E-state index in [0.29, 0.717) is 38.3 Å². The van der Waals surface area contributed by atoms with Crippen LogP contribution >= 0.6 is 22.7 Å². The van der Waals surface area contributed by atoms with Crippen LogP contribution in [0.25, 0.3) is 0 Å². The lowest BCUT2D eigenvalue weighted by Gasteiger charge is -2.26. The molecule has 10 nitrogen and oxygen atoms in total. The van der Waals surface area contributed by atoms with Crippen LogP contribution in [0.4, 0.5) is 5.13 Å².